The van der Waals surface area contributed by atoms with Crippen molar-refractivity contribution >= 4 is 0 Å². The summed E-state index contributed by atoms with van der Waals surface area (Å²) in [5.41, 5.74) is 5.18. The van der Waals surface area contributed by atoms with Gasteiger partial charge in [-0.2, -0.15) is 0 Å². The Hall–Kier alpha value is -1.80. The smallest absolute Gasteiger partial charge is 0.122 e. The number of hydrogen-bond acceptors (Lipinski definition) is 2. The van der Waals surface area contributed by atoms with Crippen LogP contribution in [-0.2, 0) is 13.0 Å². The van der Waals surface area contributed by atoms with E-state index in [0.717, 1.165) is 25.3 Å². The van der Waals surface area contributed by atoms with Gasteiger partial charge >= 0.3 is 0 Å². The van der Waals surface area contributed by atoms with E-state index in [4.69, 9.17) is 4.74 Å². The zero-order valence-corrected chi connectivity index (χ0v) is 10.6. The van der Waals surface area contributed by atoms with Crippen molar-refractivity contribution in [2.45, 2.75) is 13.0 Å². The van der Waals surface area contributed by atoms with Crippen molar-refractivity contribution in [3.63, 3.8) is 0 Å². The average molecular weight is 239 g/mol. The van der Waals surface area contributed by atoms with Crippen LogP contribution in [0.3, 0.4) is 0 Å². The van der Waals surface area contributed by atoms with Gasteiger partial charge in [0.05, 0.1) is 6.61 Å². The summed E-state index contributed by atoms with van der Waals surface area (Å²) in [5, 5.41) is 3.16. The molecule has 1 aliphatic rings. The van der Waals surface area contributed by atoms with Gasteiger partial charge in [0.2, 0.25) is 0 Å². The van der Waals surface area contributed by atoms with Crippen LogP contribution in [0.4, 0.5) is 0 Å². The quantitative estimate of drug-likeness (QED) is 0.889. The lowest BCUT2D eigenvalue weighted by molar-refractivity contribution is 0.357. The molecule has 2 aromatic rings. The maximum atomic E-state index is 5.53. The van der Waals surface area contributed by atoms with E-state index in [1.807, 2.05) is 7.05 Å². The summed E-state index contributed by atoms with van der Waals surface area (Å²) >= 11 is 0. The van der Waals surface area contributed by atoms with Crippen LogP contribution in [0.2, 0.25) is 0 Å². The fourth-order valence-corrected chi connectivity index (χ4v) is 2.39. The number of benzene rings is 2. The summed E-state index contributed by atoms with van der Waals surface area (Å²) < 4.78 is 5.53. The highest BCUT2D eigenvalue weighted by Crippen LogP contribution is 2.30. The predicted molar refractivity (Wildman–Crippen MR) is 73.8 cm³/mol. The Morgan fingerprint density at radius 2 is 1.83 bits per heavy atom. The molecule has 1 heterocycles. The van der Waals surface area contributed by atoms with E-state index in [1.54, 1.807) is 0 Å². The SMILES string of the molecule is CNCc1ccc(-c2ccc3c(c2)CCO3)cc1. The number of ether oxygens (including phenoxy) is 1. The lowest BCUT2D eigenvalue weighted by atomic mass is 10.0. The van der Waals surface area contributed by atoms with Gasteiger partial charge in [0.1, 0.15) is 5.75 Å². The van der Waals surface area contributed by atoms with E-state index in [0.29, 0.717) is 0 Å². The standard InChI is InChI=1S/C16H17NO/c1-17-11-12-2-4-13(5-3-12)14-6-7-16-15(10-14)8-9-18-16/h2-7,10,17H,8-9,11H2,1H3. The third-order valence-corrected chi connectivity index (χ3v) is 3.36. The zero-order chi connectivity index (χ0) is 12.4. The van der Waals surface area contributed by atoms with Crippen molar-refractivity contribution < 1.29 is 4.74 Å². The molecule has 0 bridgehead atoms. The van der Waals surface area contributed by atoms with Gasteiger partial charge in [-0.25, -0.2) is 0 Å². The predicted octanol–water partition coefficient (Wildman–Crippen LogP) is 3.01. The van der Waals surface area contributed by atoms with E-state index in [-0.39, 0.29) is 0 Å². The molecule has 0 saturated heterocycles. The second-order valence-electron chi connectivity index (χ2n) is 4.65. The molecule has 1 aliphatic heterocycles. The minimum absolute atomic E-state index is 0.819. The average Bonchev–Trinajstić information content (AvgIpc) is 2.87. The Balaban J connectivity index is 1.90. The van der Waals surface area contributed by atoms with E-state index in [1.165, 1.54) is 22.3 Å². The molecule has 0 saturated carbocycles. The molecule has 0 unspecified atom stereocenters. The maximum absolute atomic E-state index is 5.53. The van der Waals surface area contributed by atoms with Gasteiger partial charge in [-0.15, -0.1) is 0 Å². The molecule has 0 spiro atoms. The monoisotopic (exact) mass is 239 g/mol. The second kappa shape index (κ2) is 4.83. The minimum Gasteiger partial charge on any atom is -0.493 e. The third-order valence-electron chi connectivity index (χ3n) is 3.36. The van der Waals surface area contributed by atoms with Crippen molar-refractivity contribution in [1.82, 2.24) is 5.32 Å². The summed E-state index contributed by atoms with van der Waals surface area (Å²) in [7, 11) is 1.97. The summed E-state index contributed by atoms with van der Waals surface area (Å²) in [6, 6.07) is 15.2. The molecule has 3 rings (SSSR count). The van der Waals surface area contributed by atoms with Gasteiger partial charge in [-0.3, -0.25) is 0 Å². The number of rotatable bonds is 3. The summed E-state index contributed by atoms with van der Waals surface area (Å²) in [6.07, 6.45) is 1.03. The van der Waals surface area contributed by atoms with Crippen LogP contribution in [0.5, 0.6) is 5.75 Å². The Morgan fingerprint density at radius 3 is 2.61 bits per heavy atom. The normalized spacial score (nSPS) is 13.2. The van der Waals surface area contributed by atoms with Crippen molar-refractivity contribution in [2.75, 3.05) is 13.7 Å². The summed E-state index contributed by atoms with van der Waals surface area (Å²) in [4.78, 5) is 0. The summed E-state index contributed by atoms with van der Waals surface area (Å²) in [5.74, 6) is 1.05. The van der Waals surface area contributed by atoms with Gasteiger partial charge in [0.15, 0.2) is 0 Å². The fraction of sp³-hybridized carbons (Fsp3) is 0.250. The molecule has 0 radical (unpaired) electrons. The Morgan fingerprint density at radius 1 is 1.06 bits per heavy atom. The molecule has 0 atom stereocenters. The largest absolute Gasteiger partial charge is 0.493 e. The highest BCUT2D eigenvalue weighted by molar-refractivity contribution is 5.66. The summed E-state index contributed by atoms with van der Waals surface area (Å²) in [6.45, 7) is 1.73. The molecular weight excluding hydrogens is 222 g/mol. The minimum atomic E-state index is 0.819. The third kappa shape index (κ3) is 2.12. The van der Waals surface area contributed by atoms with E-state index in [2.05, 4.69) is 47.8 Å². The van der Waals surface area contributed by atoms with Gasteiger partial charge in [0, 0.05) is 13.0 Å². The first-order valence-electron chi connectivity index (χ1n) is 6.36. The van der Waals surface area contributed by atoms with Crippen molar-refractivity contribution in [2.24, 2.45) is 0 Å². The van der Waals surface area contributed by atoms with Crippen molar-refractivity contribution in [1.29, 1.82) is 0 Å². The highest BCUT2D eigenvalue weighted by Gasteiger charge is 2.12. The molecule has 0 aromatic heterocycles. The molecule has 2 heteroatoms. The molecule has 2 nitrogen and oxygen atoms in total. The Bertz CT molecular complexity index is 546. The molecule has 0 fully saturated rings. The van der Waals surface area contributed by atoms with Gasteiger partial charge in [0.25, 0.3) is 0 Å². The number of fused-ring (bicyclic) bond motifs is 1. The highest BCUT2D eigenvalue weighted by atomic mass is 16.5. The molecule has 18 heavy (non-hydrogen) atoms. The van der Waals surface area contributed by atoms with Crippen LogP contribution in [-0.4, -0.2) is 13.7 Å². The molecular formula is C16H17NO. The Kier molecular flexibility index (Phi) is 3.03. The van der Waals surface area contributed by atoms with Crippen LogP contribution in [0.25, 0.3) is 11.1 Å². The lowest BCUT2D eigenvalue weighted by Gasteiger charge is -2.06. The van der Waals surface area contributed by atoms with Gasteiger partial charge < -0.3 is 10.1 Å². The van der Waals surface area contributed by atoms with Crippen molar-refractivity contribution in [3.05, 3.63) is 53.6 Å². The zero-order valence-electron chi connectivity index (χ0n) is 10.6. The van der Waals surface area contributed by atoms with E-state index < -0.39 is 0 Å². The van der Waals surface area contributed by atoms with E-state index >= 15 is 0 Å². The maximum Gasteiger partial charge on any atom is 0.122 e. The number of hydrogen-bond donors (Lipinski definition) is 1. The molecule has 0 amide bonds. The topological polar surface area (TPSA) is 21.3 Å². The molecule has 0 aliphatic carbocycles. The van der Waals surface area contributed by atoms with Crippen LogP contribution in [0.1, 0.15) is 11.1 Å². The van der Waals surface area contributed by atoms with Crippen LogP contribution < -0.4 is 10.1 Å². The molecule has 92 valence electrons. The second-order valence-corrected chi connectivity index (χ2v) is 4.65. The fourth-order valence-electron chi connectivity index (χ4n) is 2.39. The van der Waals surface area contributed by atoms with Crippen LogP contribution in [0, 0.1) is 0 Å². The number of nitrogens with one attached hydrogen (secondary N) is 1. The first-order chi connectivity index (χ1) is 8.86. The van der Waals surface area contributed by atoms with Crippen LogP contribution in [0.15, 0.2) is 42.5 Å². The van der Waals surface area contributed by atoms with Crippen molar-refractivity contribution in [3.8, 4) is 16.9 Å². The molecule has 1 N–H and O–H groups in total. The first-order valence-corrected chi connectivity index (χ1v) is 6.36. The van der Waals surface area contributed by atoms with E-state index in [9.17, 15) is 0 Å². The molecule has 2 aromatic carbocycles. The first kappa shape index (κ1) is 11.3. The van der Waals surface area contributed by atoms with Gasteiger partial charge in [-0.05, 0) is 41.4 Å². The Labute approximate surface area is 108 Å². The lowest BCUT2D eigenvalue weighted by Crippen LogP contribution is -2.04. The van der Waals surface area contributed by atoms with Gasteiger partial charge in [-0.1, -0.05) is 30.3 Å². The van der Waals surface area contributed by atoms with Crippen LogP contribution >= 0.6 is 0 Å².